The number of amides is 1. The highest BCUT2D eigenvalue weighted by Gasteiger charge is 2.41. The Balaban J connectivity index is 1.75. The van der Waals surface area contributed by atoms with Gasteiger partial charge in [-0.1, -0.05) is 23.2 Å². The van der Waals surface area contributed by atoms with Gasteiger partial charge in [0.25, 0.3) is 5.56 Å². The van der Waals surface area contributed by atoms with Crippen molar-refractivity contribution in [3.8, 4) is 11.1 Å². The van der Waals surface area contributed by atoms with Gasteiger partial charge in [-0.25, -0.2) is 9.37 Å². The number of aromatic nitrogens is 3. The highest BCUT2D eigenvalue weighted by molar-refractivity contribution is 6.41. The number of pyridine rings is 1. The van der Waals surface area contributed by atoms with Crippen LogP contribution < -0.4 is 5.56 Å². The van der Waals surface area contributed by atoms with E-state index >= 15 is 0 Å². The van der Waals surface area contributed by atoms with Crippen molar-refractivity contribution in [3.63, 3.8) is 0 Å². The van der Waals surface area contributed by atoms with Crippen LogP contribution in [0.25, 0.3) is 16.6 Å². The number of carbonyl (C=O) groups is 1. The summed E-state index contributed by atoms with van der Waals surface area (Å²) in [7, 11) is 0. The van der Waals surface area contributed by atoms with E-state index in [9.17, 15) is 14.0 Å². The maximum Gasteiger partial charge on any atom is 0.275 e. The van der Waals surface area contributed by atoms with Crippen LogP contribution in [0, 0.1) is 6.92 Å². The number of rotatable bonds is 3. The first-order chi connectivity index (χ1) is 13.2. The number of hydrogen-bond acceptors (Lipinski definition) is 3. The molecular weight excluding hydrogens is 406 g/mol. The van der Waals surface area contributed by atoms with E-state index in [1.165, 1.54) is 16.4 Å². The first-order valence-corrected chi connectivity index (χ1v) is 9.41. The van der Waals surface area contributed by atoms with Crippen LogP contribution in [0.3, 0.4) is 0 Å². The van der Waals surface area contributed by atoms with E-state index in [0.29, 0.717) is 16.6 Å². The predicted octanol–water partition coefficient (Wildman–Crippen LogP) is 3.35. The van der Waals surface area contributed by atoms with Gasteiger partial charge in [-0.05, 0) is 26.0 Å². The lowest BCUT2D eigenvalue weighted by atomic mass is 9.99. The van der Waals surface area contributed by atoms with Crippen LogP contribution in [0.5, 0.6) is 0 Å². The molecule has 1 saturated heterocycles. The molecule has 0 N–H and O–H groups in total. The Labute approximate surface area is 170 Å². The quantitative estimate of drug-likeness (QED) is 0.608. The molecule has 0 radical (unpaired) electrons. The average molecular weight is 423 g/mol. The summed E-state index contributed by atoms with van der Waals surface area (Å²) in [5.74, 6) is -0.287. The topological polar surface area (TPSA) is 59.6 Å². The third kappa shape index (κ3) is 3.18. The van der Waals surface area contributed by atoms with Crippen LogP contribution in [0.1, 0.15) is 12.6 Å². The summed E-state index contributed by atoms with van der Waals surface area (Å²) in [5.41, 5.74) is 0.798. The number of carbonyl (C=O) groups excluding carboxylic acids is 1. The third-order valence-electron chi connectivity index (χ3n) is 4.88. The molecule has 0 aromatic carbocycles. The van der Waals surface area contributed by atoms with Gasteiger partial charge in [0, 0.05) is 35.4 Å². The van der Waals surface area contributed by atoms with Crippen molar-refractivity contribution in [2.75, 3.05) is 13.1 Å². The molecule has 1 aliphatic rings. The maximum absolute atomic E-state index is 13.7. The second-order valence-corrected chi connectivity index (χ2v) is 8.08. The summed E-state index contributed by atoms with van der Waals surface area (Å²) in [6.07, 6.45) is 4.95. The molecule has 1 aliphatic heterocycles. The average Bonchev–Trinajstić information content (AvgIpc) is 3.05. The number of nitrogens with zero attached hydrogens (tertiary/aromatic N) is 4. The smallest absolute Gasteiger partial charge is 0.275 e. The molecule has 0 saturated carbocycles. The van der Waals surface area contributed by atoms with Crippen LogP contribution in [0.4, 0.5) is 4.39 Å². The minimum absolute atomic E-state index is 0.0487. The van der Waals surface area contributed by atoms with E-state index in [-0.39, 0.29) is 41.3 Å². The summed E-state index contributed by atoms with van der Waals surface area (Å²) in [5, 5.41) is 0.469. The van der Waals surface area contributed by atoms with E-state index in [1.54, 1.807) is 35.1 Å². The Hall–Kier alpha value is -2.38. The Morgan fingerprint density at radius 2 is 2.07 bits per heavy atom. The van der Waals surface area contributed by atoms with Crippen molar-refractivity contribution < 1.29 is 9.18 Å². The third-order valence-corrected chi connectivity index (χ3v) is 5.57. The molecule has 4 rings (SSSR count). The fourth-order valence-corrected chi connectivity index (χ4v) is 3.79. The number of aryl methyl sites for hydroxylation is 1. The minimum atomic E-state index is -1.35. The Kier molecular flexibility index (Phi) is 4.47. The molecule has 0 unspecified atom stereocenters. The lowest BCUT2D eigenvalue weighted by Crippen LogP contribution is -2.60. The molecule has 0 atom stereocenters. The van der Waals surface area contributed by atoms with Gasteiger partial charge in [-0.3, -0.25) is 9.59 Å². The van der Waals surface area contributed by atoms with E-state index in [4.69, 9.17) is 23.2 Å². The zero-order valence-corrected chi connectivity index (χ0v) is 16.8. The van der Waals surface area contributed by atoms with Crippen molar-refractivity contribution in [1.29, 1.82) is 0 Å². The van der Waals surface area contributed by atoms with Crippen molar-refractivity contribution in [2.24, 2.45) is 0 Å². The molecule has 6 nitrogen and oxygen atoms in total. The molecular formula is C19H17Cl2FN4O2. The van der Waals surface area contributed by atoms with Crippen LogP contribution in [-0.4, -0.2) is 43.5 Å². The summed E-state index contributed by atoms with van der Waals surface area (Å²) in [6.45, 7) is 3.25. The lowest BCUT2D eigenvalue weighted by molar-refractivity contribution is -0.144. The summed E-state index contributed by atoms with van der Waals surface area (Å²) < 4.78 is 16.8. The second-order valence-electron chi connectivity index (χ2n) is 7.31. The van der Waals surface area contributed by atoms with Crippen molar-refractivity contribution >= 4 is 34.6 Å². The van der Waals surface area contributed by atoms with E-state index in [0.717, 1.165) is 5.69 Å². The normalized spacial score (nSPS) is 15.7. The van der Waals surface area contributed by atoms with Crippen LogP contribution in [0.2, 0.25) is 10.2 Å². The fourth-order valence-electron chi connectivity index (χ4n) is 3.52. The molecule has 4 heterocycles. The van der Waals surface area contributed by atoms with Gasteiger partial charge in [-0.2, -0.15) is 0 Å². The van der Waals surface area contributed by atoms with Gasteiger partial charge in [0.2, 0.25) is 5.91 Å². The number of halogens is 3. The van der Waals surface area contributed by atoms with Gasteiger partial charge < -0.3 is 13.9 Å². The fraction of sp³-hybridized carbons (Fsp3) is 0.316. The first-order valence-electron chi connectivity index (χ1n) is 8.65. The molecule has 3 aromatic heterocycles. The van der Waals surface area contributed by atoms with E-state index in [2.05, 4.69) is 4.98 Å². The minimum Gasteiger partial charge on any atom is -0.335 e. The highest BCUT2D eigenvalue weighted by Crippen LogP contribution is 2.29. The number of fused-ring (bicyclic) bond motifs is 1. The number of likely N-dealkylation sites (tertiary alicyclic amines) is 1. The summed E-state index contributed by atoms with van der Waals surface area (Å²) >= 11 is 12.0. The lowest BCUT2D eigenvalue weighted by Gasteiger charge is -2.42. The standard InChI is InChI=1S/C19H17Cl2FN4O2/c1-11-7-24(8-15(27)25-9-19(2,22)10-25)18(28)16-13(3-4-26(11)16)12-5-14(20)17(21)23-6-12/h3-7H,8-10H2,1-2H3. The van der Waals surface area contributed by atoms with Crippen molar-refractivity contribution in [1.82, 2.24) is 18.9 Å². The second kappa shape index (κ2) is 6.60. The van der Waals surface area contributed by atoms with Gasteiger partial charge in [-0.15, -0.1) is 0 Å². The van der Waals surface area contributed by atoms with Crippen molar-refractivity contribution in [2.45, 2.75) is 26.1 Å². The number of hydrogen-bond donors (Lipinski definition) is 0. The molecule has 3 aromatic rings. The molecule has 0 aliphatic carbocycles. The first kappa shape index (κ1) is 19.0. The van der Waals surface area contributed by atoms with Crippen molar-refractivity contribution in [3.05, 3.63) is 56.9 Å². The molecule has 28 heavy (non-hydrogen) atoms. The SMILES string of the molecule is Cc1cn(CC(=O)N2CC(C)(F)C2)c(=O)c2c(-c3cnc(Cl)c(Cl)c3)ccn12. The zero-order chi connectivity index (χ0) is 20.2. The van der Waals surface area contributed by atoms with Gasteiger partial charge >= 0.3 is 0 Å². The molecule has 0 bridgehead atoms. The largest absolute Gasteiger partial charge is 0.335 e. The van der Waals surface area contributed by atoms with Gasteiger partial charge in [0.1, 0.15) is 22.9 Å². The predicted molar refractivity (Wildman–Crippen MR) is 106 cm³/mol. The number of alkyl halides is 1. The van der Waals surface area contributed by atoms with E-state index < -0.39 is 5.67 Å². The Bertz CT molecular complexity index is 1160. The molecule has 1 fully saturated rings. The maximum atomic E-state index is 13.7. The summed E-state index contributed by atoms with van der Waals surface area (Å²) in [4.78, 5) is 31.0. The molecule has 9 heteroatoms. The van der Waals surface area contributed by atoms with Gasteiger partial charge in [0.15, 0.2) is 0 Å². The molecule has 0 spiro atoms. The van der Waals surface area contributed by atoms with Crippen LogP contribution >= 0.6 is 23.2 Å². The van der Waals surface area contributed by atoms with Crippen LogP contribution in [-0.2, 0) is 11.3 Å². The Morgan fingerprint density at radius 1 is 1.36 bits per heavy atom. The molecule has 146 valence electrons. The van der Waals surface area contributed by atoms with E-state index in [1.807, 2.05) is 6.92 Å². The highest BCUT2D eigenvalue weighted by atomic mass is 35.5. The Morgan fingerprint density at radius 3 is 2.71 bits per heavy atom. The summed E-state index contributed by atoms with van der Waals surface area (Å²) in [6, 6.07) is 3.44. The zero-order valence-electron chi connectivity index (χ0n) is 15.2. The monoisotopic (exact) mass is 422 g/mol. The van der Waals surface area contributed by atoms with Gasteiger partial charge in [0.05, 0.1) is 18.1 Å². The molecule has 1 amide bonds. The van der Waals surface area contributed by atoms with Crippen LogP contribution in [0.15, 0.2) is 35.5 Å².